The molecule has 94 valence electrons. The molecule has 2 N–H and O–H groups in total. The first kappa shape index (κ1) is 12.6. The van der Waals surface area contributed by atoms with Crippen LogP contribution in [0.25, 0.3) is 0 Å². The van der Waals surface area contributed by atoms with Gasteiger partial charge in [0, 0.05) is 19.2 Å². The summed E-state index contributed by atoms with van der Waals surface area (Å²) < 4.78 is 5.34. The number of benzene rings is 1. The monoisotopic (exact) mass is 235 g/mol. The third-order valence-electron chi connectivity index (χ3n) is 3.26. The Labute approximate surface area is 103 Å². The minimum atomic E-state index is 0.151. The average Bonchev–Trinajstić information content (AvgIpc) is 2.89. The summed E-state index contributed by atoms with van der Waals surface area (Å²) in [5.74, 6) is 0.611. The summed E-state index contributed by atoms with van der Waals surface area (Å²) in [6.07, 6.45) is 2.02. The Kier molecular flexibility index (Phi) is 4.98. The molecule has 0 aromatic heterocycles. The Morgan fingerprint density at radius 1 is 1.35 bits per heavy atom. The van der Waals surface area contributed by atoms with Crippen LogP contribution >= 0.6 is 0 Å². The minimum absolute atomic E-state index is 0.151. The molecule has 0 amide bonds. The van der Waals surface area contributed by atoms with Crippen molar-refractivity contribution in [1.29, 1.82) is 0 Å². The van der Waals surface area contributed by atoms with E-state index in [4.69, 9.17) is 4.74 Å². The highest BCUT2D eigenvalue weighted by Gasteiger charge is 2.17. The summed E-state index contributed by atoms with van der Waals surface area (Å²) in [5, 5.41) is 12.8. The largest absolute Gasteiger partial charge is 0.395 e. The van der Waals surface area contributed by atoms with Gasteiger partial charge < -0.3 is 15.2 Å². The maximum Gasteiger partial charge on any atom is 0.0587 e. The summed E-state index contributed by atoms with van der Waals surface area (Å²) in [6.45, 7) is 2.87. The summed E-state index contributed by atoms with van der Waals surface area (Å²) in [4.78, 5) is 0. The molecule has 2 unspecified atom stereocenters. The average molecular weight is 235 g/mol. The van der Waals surface area contributed by atoms with E-state index < -0.39 is 0 Å². The number of hydrogen-bond donors (Lipinski definition) is 2. The Morgan fingerprint density at radius 2 is 2.18 bits per heavy atom. The lowest BCUT2D eigenvalue weighted by Gasteiger charge is -2.18. The minimum Gasteiger partial charge on any atom is -0.395 e. The molecule has 2 rings (SSSR count). The first-order valence-electron chi connectivity index (χ1n) is 6.34. The van der Waals surface area contributed by atoms with Crippen molar-refractivity contribution in [2.45, 2.75) is 18.9 Å². The van der Waals surface area contributed by atoms with Gasteiger partial charge >= 0.3 is 0 Å². The van der Waals surface area contributed by atoms with Crippen molar-refractivity contribution in [1.82, 2.24) is 5.32 Å². The van der Waals surface area contributed by atoms with Crippen LogP contribution < -0.4 is 5.32 Å². The Hall–Kier alpha value is -0.900. The number of aliphatic hydroxyl groups excluding tert-OH is 1. The molecule has 1 aromatic rings. The van der Waals surface area contributed by atoms with Crippen LogP contribution in [0.15, 0.2) is 30.3 Å². The van der Waals surface area contributed by atoms with Crippen molar-refractivity contribution in [3.63, 3.8) is 0 Å². The zero-order valence-electron chi connectivity index (χ0n) is 10.1. The fourth-order valence-electron chi connectivity index (χ4n) is 2.18. The predicted molar refractivity (Wildman–Crippen MR) is 67.9 cm³/mol. The van der Waals surface area contributed by atoms with Crippen LogP contribution in [0.1, 0.15) is 12.0 Å². The molecule has 17 heavy (non-hydrogen) atoms. The highest BCUT2D eigenvalue weighted by atomic mass is 16.5. The highest BCUT2D eigenvalue weighted by Crippen LogP contribution is 2.11. The molecule has 0 saturated carbocycles. The van der Waals surface area contributed by atoms with Crippen molar-refractivity contribution in [3.8, 4) is 0 Å². The van der Waals surface area contributed by atoms with Crippen LogP contribution in [0.3, 0.4) is 0 Å². The number of aliphatic hydroxyl groups is 1. The molecule has 3 nitrogen and oxygen atoms in total. The van der Waals surface area contributed by atoms with Gasteiger partial charge in [-0.3, -0.25) is 0 Å². The lowest BCUT2D eigenvalue weighted by Crippen LogP contribution is -2.37. The molecule has 0 spiro atoms. The third kappa shape index (κ3) is 4.11. The van der Waals surface area contributed by atoms with Crippen molar-refractivity contribution in [2.75, 3.05) is 26.4 Å². The summed E-state index contributed by atoms with van der Waals surface area (Å²) in [6, 6.07) is 10.4. The van der Waals surface area contributed by atoms with Crippen LogP contribution in [-0.4, -0.2) is 37.5 Å². The van der Waals surface area contributed by atoms with Crippen LogP contribution in [0.5, 0.6) is 0 Å². The lowest BCUT2D eigenvalue weighted by atomic mass is 10.0. The van der Waals surface area contributed by atoms with Crippen LogP contribution in [-0.2, 0) is 11.2 Å². The van der Waals surface area contributed by atoms with E-state index in [0.29, 0.717) is 5.92 Å². The second kappa shape index (κ2) is 6.74. The molecule has 1 aliphatic rings. The van der Waals surface area contributed by atoms with Crippen molar-refractivity contribution in [3.05, 3.63) is 35.9 Å². The SMILES string of the molecule is OCC(Cc1ccccc1)NCC1CCOC1. The van der Waals surface area contributed by atoms with Gasteiger partial charge in [-0.05, 0) is 24.3 Å². The van der Waals surface area contributed by atoms with E-state index in [1.54, 1.807) is 0 Å². The van der Waals surface area contributed by atoms with Crippen molar-refractivity contribution >= 4 is 0 Å². The molecule has 1 heterocycles. The zero-order chi connectivity index (χ0) is 11.9. The van der Waals surface area contributed by atoms with Crippen molar-refractivity contribution < 1.29 is 9.84 Å². The smallest absolute Gasteiger partial charge is 0.0587 e. The van der Waals surface area contributed by atoms with E-state index in [1.165, 1.54) is 5.56 Å². The van der Waals surface area contributed by atoms with Gasteiger partial charge in [0.05, 0.1) is 13.2 Å². The van der Waals surface area contributed by atoms with Gasteiger partial charge in [0.2, 0.25) is 0 Å². The van der Waals surface area contributed by atoms with Gasteiger partial charge in [0.25, 0.3) is 0 Å². The Bertz CT molecular complexity index is 309. The molecule has 3 heteroatoms. The molecular weight excluding hydrogens is 214 g/mol. The van der Waals surface area contributed by atoms with Crippen LogP contribution in [0.2, 0.25) is 0 Å². The van der Waals surface area contributed by atoms with E-state index in [9.17, 15) is 5.11 Å². The first-order valence-corrected chi connectivity index (χ1v) is 6.34. The standard InChI is InChI=1S/C14H21NO2/c16-10-14(8-12-4-2-1-3-5-12)15-9-13-6-7-17-11-13/h1-5,13-16H,6-11H2. The molecule has 0 aliphatic carbocycles. The first-order chi connectivity index (χ1) is 8.38. The summed E-state index contributed by atoms with van der Waals surface area (Å²) >= 11 is 0. The molecule has 1 aromatic carbocycles. The van der Waals surface area contributed by atoms with E-state index >= 15 is 0 Å². The molecule has 1 saturated heterocycles. The highest BCUT2D eigenvalue weighted by molar-refractivity contribution is 5.15. The van der Waals surface area contributed by atoms with Crippen LogP contribution in [0.4, 0.5) is 0 Å². The number of nitrogens with one attached hydrogen (secondary N) is 1. The van der Waals surface area contributed by atoms with Gasteiger partial charge in [-0.15, -0.1) is 0 Å². The number of ether oxygens (including phenoxy) is 1. The topological polar surface area (TPSA) is 41.5 Å². The van der Waals surface area contributed by atoms with Crippen molar-refractivity contribution in [2.24, 2.45) is 5.92 Å². The lowest BCUT2D eigenvalue weighted by molar-refractivity contribution is 0.181. The van der Waals surface area contributed by atoms with Gasteiger partial charge in [-0.25, -0.2) is 0 Å². The molecule has 1 aliphatic heterocycles. The zero-order valence-corrected chi connectivity index (χ0v) is 10.1. The van der Waals surface area contributed by atoms with Gasteiger partial charge in [0.15, 0.2) is 0 Å². The fourth-order valence-corrected chi connectivity index (χ4v) is 2.18. The van der Waals surface area contributed by atoms with Gasteiger partial charge in [0.1, 0.15) is 0 Å². The van der Waals surface area contributed by atoms with Gasteiger partial charge in [-0.1, -0.05) is 30.3 Å². The summed E-state index contributed by atoms with van der Waals surface area (Å²) in [5.41, 5.74) is 1.27. The molecule has 2 atom stereocenters. The second-order valence-electron chi connectivity index (χ2n) is 4.71. The van der Waals surface area contributed by atoms with Crippen LogP contribution in [0, 0.1) is 5.92 Å². The molecule has 0 bridgehead atoms. The van der Waals surface area contributed by atoms with E-state index in [-0.39, 0.29) is 12.6 Å². The van der Waals surface area contributed by atoms with E-state index in [1.807, 2.05) is 18.2 Å². The summed E-state index contributed by atoms with van der Waals surface area (Å²) in [7, 11) is 0. The Balaban J connectivity index is 1.76. The van der Waals surface area contributed by atoms with E-state index in [0.717, 1.165) is 32.6 Å². The third-order valence-corrected chi connectivity index (χ3v) is 3.26. The van der Waals surface area contributed by atoms with E-state index in [2.05, 4.69) is 17.4 Å². The number of rotatable bonds is 6. The fraction of sp³-hybridized carbons (Fsp3) is 0.571. The quantitative estimate of drug-likeness (QED) is 0.779. The molecule has 1 fully saturated rings. The maximum atomic E-state index is 9.37. The maximum absolute atomic E-state index is 9.37. The normalized spacial score (nSPS) is 21.6. The molecule has 0 radical (unpaired) electrons. The second-order valence-corrected chi connectivity index (χ2v) is 4.71. The van der Waals surface area contributed by atoms with Gasteiger partial charge in [-0.2, -0.15) is 0 Å². The predicted octanol–water partition coefficient (Wildman–Crippen LogP) is 1.22. The number of hydrogen-bond acceptors (Lipinski definition) is 3. The Morgan fingerprint density at radius 3 is 2.82 bits per heavy atom. The molecular formula is C14H21NO2.